The van der Waals surface area contributed by atoms with Crippen LogP contribution in [0.5, 0.6) is 0 Å². The van der Waals surface area contributed by atoms with Crippen molar-refractivity contribution in [3.63, 3.8) is 0 Å². The van der Waals surface area contributed by atoms with Crippen LogP contribution < -0.4 is 5.32 Å². The molecule has 25 heavy (non-hydrogen) atoms. The van der Waals surface area contributed by atoms with E-state index < -0.39 is 0 Å². The molecule has 0 bridgehead atoms. The summed E-state index contributed by atoms with van der Waals surface area (Å²) in [5, 5.41) is 12.7. The molecule has 0 aromatic carbocycles. The van der Waals surface area contributed by atoms with E-state index >= 15 is 0 Å². The monoisotopic (exact) mass is 468 g/mol. The molecule has 2 heterocycles. The minimum atomic E-state index is 0. The molecule has 0 radical (unpaired) electrons. The van der Waals surface area contributed by atoms with E-state index in [9.17, 15) is 5.11 Å². The Morgan fingerprint density at radius 3 is 2.64 bits per heavy atom. The molecule has 0 amide bonds. The van der Waals surface area contributed by atoms with E-state index in [2.05, 4.69) is 29.0 Å². The normalized spacial score (nSPS) is 23.4. The summed E-state index contributed by atoms with van der Waals surface area (Å²) in [4.78, 5) is 9.87. The van der Waals surface area contributed by atoms with Gasteiger partial charge in [-0.15, -0.1) is 24.0 Å². The van der Waals surface area contributed by atoms with Crippen molar-refractivity contribution in [2.45, 2.75) is 45.6 Å². The highest BCUT2D eigenvalue weighted by Crippen LogP contribution is 2.18. The largest absolute Gasteiger partial charge is 0.396 e. The first-order valence-electron chi connectivity index (χ1n) is 9.74. The van der Waals surface area contributed by atoms with Crippen molar-refractivity contribution in [1.82, 2.24) is 15.1 Å². The second-order valence-corrected chi connectivity index (χ2v) is 6.90. The number of morpholine rings is 1. The van der Waals surface area contributed by atoms with Gasteiger partial charge in [0.15, 0.2) is 5.96 Å². The van der Waals surface area contributed by atoms with Crippen molar-refractivity contribution >= 4 is 29.9 Å². The molecule has 0 aromatic heterocycles. The summed E-state index contributed by atoms with van der Waals surface area (Å²) in [6.45, 7) is 12.3. The molecule has 2 rings (SSSR count). The molecule has 148 valence electrons. The van der Waals surface area contributed by atoms with Gasteiger partial charge in [0.05, 0.1) is 13.2 Å². The van der Waals surface area contributed by atoms with Crippen LogP contribution in [-0.4, -0.2) is 86.0 Å². The van der Waals surface area contributed by atoms with E-state index in [4.69, 9.17) is 9.73 Å². The van der Waals surface area contributed by atoms with Gasteiger partial charge in [-0.25, -0.2) is 0 Å². The molecule has 2 aliphatic rings. The number of aliphatic imine (C=N–C) groups is 1. The van der Waals surface area contributed by atoms with E-state index in [-0.39, 0.29) is 30.6 Å². The zero-order valence-electron chi connectivity index (χ0n) is 16.0. The fraction of sp³-hybridized carbons (Fsp3) is 0.944. The lowest BCUT2D eigenvalue weighted by atomic mass is 10.0. The highest BCUT2D eigenvalue weighted by atomic mass is 127. The summed E-state index contributed by atoms with van der Waals surface area (Å²) < 4.78 is 5.47. The third kappa shape index (κ3) is 7.56. The summed E-state index contributed by atoms with van der Waals surface area (Å²) in [5.74, 6) is 1.54. The number of likely N-dealkylation sites (tertiary alicyclic amines) is 1. The van der Waals surface area contributed by atoms with Crippen LogP contribution in [0.3, 0.4) is 0 Å². The van der Waals surface area contributed by atoms with Crippen molar-refractivity contribution in [2.24, 2.45) is 10.9 Å². The Bertz CT molecular complexity index is 372. The Labute approximate surface area is 170 Å². The maximum absolute atomic E-state index is 9.23. The van der Waals surface area contributed by atoms with Crippen molar-refractivity contribution in [3.05, 3.63) is 0 Å². The molecule has 2 aliphatic heterocycles. The average Bonchev–Trinajstić information content (AvgIpc) is 3.09. The van der Waals surface area contributed by atoms with Crippen molar-refractivity contribution in [2.75, 3.05) is 59.1 Å². The first kappa shape index (κ1) is 22.9. The highest BCUT2D eigenvalue weighted by Gasteiger charge is 2.30. The van der Waals surface area contributed by atoms with Gasteiger partial charge >= 0.3 is 0 Å². The lowest BCUT2D eigenvalue weighted by Gasteiger charge is -2.32. The zero-order valence-corrected chi connectivity index (χ0v) is 18.3. The van der Waals surface area contributed by atoms with Crippen molar-refractivity contribution in [3.8, 4) is 0 Å². The van der Waals surface area contributed by atoms with E-state index in [0.717, 1.165) is 77.7 Å². The Morgan fingerprint density at radius 1 is 1.24 bits per heavy atom. The summed E-state index contributed by atoms with van der Waals surface area (Å²) in [6.07, 6.45) is 4.35. The number of ether oxygens (including phenoxy) is 1. The molecular weight excluding hydrogens is 431 g/mol. The van der Waals surface area contributed by atoms with Gasteiger partial charge in [0, 0.05) is 51.9 Å². The first-order valence-corrected chi connectivity index (χ1v) is 9.74. The van der Waals surface area contributed by atoms with Gasteiger partial charge in [-0.3, -0.25) is 9.89 Å². The molecule has 2 atom stereocenters. The lowest BCUT2D eigenvalue weighted by molar-refractivity contribution is 0.0195. The van der Waals surface area contributed by atoms with Crippen LogP contribution in [0.4, 0.5) is 0 Å². The van der Waals surface area contributed by atoms with E-state index in [0.29, 0.717) is 12.0 Å². The molecule has 0 aliphatic carbocycles. The molecule has 7 heteroatoms. The van der Waals surface area contributed by atoms with Gasteiger partial charge in [-0.2, -0.15) is 0 Å². The van der Waals surface area contributed by atoms with Crippen LogP contribution in [0.15, 0.2) is 4.99 Å². The fourth-order valence-corrected chi connectivity index (χ4v) is 3.73. The van der Waals surface area contributed by atoms with Crippen LogP contribution in [-0.2, 0) is 4.74 Å². The van der Waals surface area contributed by atoms with Crippen molar-refractivity contribution in [1.29, 1.82) is 0 Å². The SMILES string of the molecule is CCCC(CCO)CN=C(NCC)N1CCC(N2CCOCC2)C1.I. The second-order valence-electron chi connectivity index (χ2n) is 6.90. The number of aliphatic hydroxyl groups excluding tert-OH is 1. The molecule has 2 N–H and O–H groups in total. The first-order chi connectivity index (χ1) is 11.8. The molecular formula is C18H37IN4O2. The average molecular weight is 468 g/mol. The van der Waals surface area contributed by atoms with Crippen molar-refractivity contribution < 1.29 is 9.84 Å². The Hall–Kier alpha value is -0.120. The number of rotatable bonds is 8. The number of hydrogen-bond acceptors (Lipinski definition) is 4. The van der Waals surface area contributed by atoms with E-state index in [1.807, 2.05) is 0 Å². The van der Waals surface area contributed by atoms with Crippen LogP contribution in [0.2, 0.25) is 0 Å². The molecule has 6 nitrogen and oxygen atoms in total. The Morgan fingerprint density at radius 2 is 2.00 bits per heavy atom. The molecule has 2 saturated heterocycles. The smallest absolute Gasteiger partial charge is 0.193 e. The Balaban J connectivity index is 0.00000312. The number of aliphatic hydroxyl groups is 1. The van der Waals surface area contributed by atoms with E-state index in [1.54, 1.807) is 0 Å². The lowest BCUT2D eigenvalue weighted by Crippen LogP contribution is -2.46. The minimum Gasteiger partial charge on any atom is -0.396 e. The molecule has 0 saturated carbocycles. The highest BCUT2D eigenvalue weighted by molar-refractivity contribution is 14.0. The number of nitrogens with one attached hydrogen (secondary N) is 1. The quantitative estimate of drug-likeness (QED) is 0.323. The van der Waals surface area contributed by atoms with Gasteiger partial charge in [0.1, 0.15) is 0 Å². The Kier molecular flexibility index (Phi) is 12.0. The predicted octanol–water partition coefficient (Wildman–Crippen LogP) is 1.78. The predicted molar refractivity (Wildman–Crippen MR) is 114 cm³/mol. The maximum Gasteiger partial charge on any atom is 0.193 e. The summed E-state index contributed by atoms with van der Waals surface area (Å²) >= 11 is 0. The van der Waals surface area contributed by atoms with Gasteiger partial charge in [-0.1, -0.05) is 13.3 Å². The summed E-state index contributed by atoms with van der Waals surface area (Å²) in [5.41, 5.74) is 0. The summed E-state index contributed by atoms with van der Waals surface area (Å²) in [7, 11) is 0. The maximum atomic E-state index is 9.23. The van der Waals surface area contributed by atoms with Gasteiger partial charge in [-0.05, 0) is 32.1 Å². The molecule has 2 unspecified atom stereocenters. The second kappa shape index (κ2) is 13.1. The molecule has 0 spiro atoms. The van der Waals surface area contributed by atoms with Crippen LogP contribution in [0.1, 0.15) is 39.5 Å². The fourth-order valence-electron chi connectivity index (χ4n) is 3.73. The number of halogens is 1. The van der Waals surface area contributed by atoms with Crippen LogP contribution in [0, 0.1) is 5.92 Å². The third-order valence-electron chi connectivity index (χ3n) is 5.09. The van der Waals surface area contributed by atoms with Crippen LogP contribution in [0.25, 0.3) is 0 Å². The number of hydrogen-bond donors (Lipinski definition) is 2. The topological polar surface area (TPSA) is 60.3 Å². The number of guanidine groups is 1. The van der Waals surface area contributed by atoms with Gasteiger partial charge < -0.3 is 20.1 Å². The summed E-state index contributed by atoms with van der Waals surface area (Å²) in [6, 6.07) is 0.627. The van der Waals surface area contributed by atoms with Crippen LogP contribution >= 0.6 is 24.0 Å². The van der Waals surface area contributed by atoms with E-state index in [1.165, 1.54) is 6.42 Å². The molecule has 0 aromatic rings. The number of nitrogens with zero attached hydrogens (tertiary/aromatic N) is 3. The molecule has 2 fully saturated rings. The third-order valence-corrected chi connectivity index (χ3v) is 5.09. The van der Waals surface area contributed by atoms with Gasteiger partial charge in [0.25, 0.3) is 0 Å². The standard InChI is InChI=1S/C18H36N4O2.HI/c1-3-5-16(7-11-23)14-20-18(19-4-2)22-8-6-17(15-22)21-9-12-24-13-10-21;/h16-17,23H,3-15H2,1-2H3,(H,19,20);1H. The van der Waals surface area contributed by atoms with Gasteiger partial charge in [0.2, 0.25) is 0 Å². The minimum absolute atomic E-state index is 0. The zero-order chi connectivity index (χ0) is 17.2.